The molecule has 0 aliphatic carbocycles. The van der Waals surface area contributed by atoms with Gasteiger partial charge in [0.15, 0.2) is 0 Å². The van der Waals surface area contributed by atoms with Crippen LogP contribution >= 0.6 is 0 Å². The Morgan fingerprint density at radius 2 is 2.23 bits per heavy atom. The summed E-state index contributed by atoms with van der Waals surface area (Å²) >= 11 is 0. The monoisotopic (exact) mass is 186 g/mol. The summed E-state index contributed by atoms with van der Waals surface area (Å²) < 4.78 is 5.05. The number of hydrogen-bond donors (Lipinski definition) is 2. The van der Waals surface area contributed by atoms with Gasteiger partial charge in [0, 0.05) is 6.61 Å². The first-order valence-corrected chi connectivity index (χ1v) is 4.49. The summed E-state index contributed by atoms with van der Waals surface area (Å²) in [5.74, 6) is 4.58. The van der Waals surface area contributed by atoms with Crippen molar-refractivity contribution in [1.82, 2.24) is 5.43 Å². The fourth-order valence-electron chi connectivity index (χ4n) is 0.876. The van der Waals surface area contributed by atoms with Crippen molar-refractivity contribution in [2.45, 2.75) is 25.7 Å². The van der Waals surface area contributed by atoms with Gasteiger partial charge in [0.2, 0.25) is 0 Å². The summed E-state index contributed by atoms with van der Waals surface area (Å²) in [6.07, 6.45) is 6.17. The van der Waals surface area contributed by atoms with Crippen LogP contribution in [0.4, 0.5) is 0 Å². The van der Waals surface area contributed by atoms with E-state index in [0.29, 0.717) is 6.61 Å². The van der Waals surface area contributed by atoms with E-state index >= 15 is 0 Å². The van der Waals surface area contributed by atoms with Crippen LogP contribution in [0.2, 0.25) is 0 Å². The van der Waals surface area contributed by atoms with Gasteiger partial charge >= 0.3 is 0 Å². The Kier molecular flexibility index (Phi) is 8.60. The minimum atomic E-state index is -0.286. The number of unbranched alkanes of at least 4 members (excludes halogenated alkanes) is 3. The number of carbonyl (C=O) groups is 1. The van der Waals surface area contributed by atoms with Crippen LogP contribution in [0.15, 0.2) is 12.7 Å². The van der Waals surface area contributed by atoms with Crippen molar-refractivity contribution in [3.05, 3.63) is 12.7 Å². The van der Waals surface area contributed by atoms with Crippen LogP contribution in [0, 0.1) is 0 Å². The maximum absolute atomic E-state index is 10.6. The summed E-state index contributed by atoms with van der Waals surface area (Å²) in [6.45, 7) is 4.30. The van der Waals surface area contributed by atoms with Crippen LogP contribution in [0.5, 0.6) is 0 Å². The van der Waals surface area contributed by atoms with Gasteiger partial charge in [-0.05, 0) is 19.3 Å². The SMILES string of the molecule is C=CCCCCCOCC(=O)NN. The summed E-state index contributed by atoms with van der Waals surface area (Å²) in [7, 11) is 0. The number of allylic oxidation sites excluding steroid dienone is 1. The normalized spacial score (nSPS) is 9.62. The van der Waals surface area contributed by atoms with Crippen molar-refractivity contribution in [2.75, 3.05) is 13.2 Å². The molecule has 4 heteroatoms. The van der Waals surface area contributed by atoms with Crippen molar-refractivity contribution in [3.63, 3.8) is 0 Å². The van der Waals surface area contributed by atoms with Gasteiger partial charge in [0.25, 0.3) is 5.91 Å². The third-order valence-corrected chi connectivity index (χ3v) is 1.59. The first kappa shape index (κ1) is 12.1. The van der Waals surface area contributed by atoms with Crippen LogP contribution in [0.25, 0.3) is 0 Å². The molecule has 0 rings (SSSR count). The van der Waals surface area contributed by atoms with Gasteiger partial charge in [-0.3, -0.25) is 10.2 Å². The van der Waals surface area contributed by atoms with Gasteiger partial charge in [0.1, 0.15) is 6.61 Å². The number of hydrazine groups is 1. The van der Waals surface area contributed by atoms with Crippen LogP contribution in [-0.4, -0.2) is 19.1 Å². The number of amides is 1. The highest BCUT2D eigenvalue weighted by Crippen LogP contribution is 1.99. The molecular weight excluding hydrogens is 168 g/mol. The Labute approximate surface area is 79.1 Å². The molecule has 76 valence electrons. The minimum Gasteiger partial charge on any atom is -0.372 e. The van der Waals surface area contributed by atoms with Crippen LogP contribution in [-0.2, 0) is 9.53 Å². The average Bonchev–Trinajstić information content (AvgIpc) is 2.16. The first-order chi connectivity index (χ1) is 6.31. The third-order valence-electron chi connectivity index (χ3n) is 1.59. The average molecular weight is 186 g/mol. The molecule has 0 spiro atoms. The Balaban J connectivity index is 2.99. The number of ether oxygens (including phenoxy) is 1. The summed E-state index contributed by atoms with van der Waals surface area (Å²) in [6, 6.07) is 0. The van der Waals surface area contributed by atoms with E-state index in [9.17, 15) is 4.79 Å². The highest BCUT2D eigenvalue weighted by molar-refractivity contribution is 5.76. The molecule has 1 amide bonds. The van der Waals surface area contributed by atoms with Gasteiger partial charge in [0.05, 0.1) is 0 Å². The van der Waals surface area contributed by atoms with Gasteiger partial charge in [-0.2, -0.15) is 0 Å². The standard InChI is InChI=1S/C9H18N2O2/c1-2-3-4-5-6-7-13-8-9(12)11-10/h2H,1,3-8,10H2,(H,11,12). The largest absolute Gasteiger partial charge is 0.372 e. The van der Waals surface area contributed by atoms with E-state index in [1.54, 1.807) is 0 Å². The van der Waals surface area contributed by atoms with E-state index in [1.165, 1.54) is 0 Å². The molecule has 0 heterocycles. The lowest BCUT2D eigenvalue weighted by molar-refractivity contribution is -0.125. The summed E-state index contributed by atoms with van der Waals surface area (Å²) in [4.78, 5) is 10.6. The molecule has 0 aliphatic rings. The third kappa shape index (κ3) is 9.04. The van der Waals surface area contributed by atoms with Crippen molar-refractivity contribution < 1.29 is 9.53 Å². The Morgan fingerprint density at radius 3 is 2.85 bits per heavy atom. The van der Waals surface area contributed by atoms with Crippen molar-refractivity contribution in [1.29, 1.82) is 0 Å². The number of nitrogens with two attached hydrogens (primary N) is 1. The second-order valence-electron chi connectivity index (χ2n) is 2.76. The Hall–Kier alpha value is -0.870. The molecule has 0 aliphatic heterocycles. The zero-order chi connectivity index (χ0) is 9.94. The van der Waals surface area contributed by atoms with E-state index < -0.39 is 0 Å². The van der Waals surface area contributed by atoms with Gasteiger partial charge in [-0.1, -0.05) is 12.5 Å². The quantitative estimate of drug-likeness (QED) is 0.193. The van der Waals surface area contributed by atoms with Crippen molar-refractivity contribution >= 4 is 5.91 Å². The number of rotatable bonds is 8. The number of hydrogen-bond acceptors (Lipinski definition) is 3. The zero-order valence-electron chi connectivity index (χ0n) is 7.92. The fourth-order valence-corrected chi connectivity index (χ4v) is 0.876. The summed E-state index contributed by atoms with van der Waals surface area (Å²) in [5.41, 5.74) is 2.00. The van der Waals surface area contributed by atoms with E-state index in [2.05, 4.69) is 6.58 Å². The Bertz CT molecular complexity index is 149. The molecule has 13 heavy (non-hydrogen) atoms. The highest BCUT2D eigenvalue weighted by Gasteiger charge is 1.96. The molecule has 0 saturated heterocycles. The maximum Gasteiger partial charge on any atom is 0.259 e. The topological polar surface area (TPSA) is 64.3 Å². The van der Waals surface area contributed by atoms with E-state index in [1.807, 2.05) is 11.5 Å². The lowest BCUT2D eigenvalue weighted by Crippen LogP contribution is -2.33. The maximum atomic E-state index is 10.6. The Morgan fingerprint density at radius 1 is 1.46 bits per heavy atom. The molecular formula is C9H18N2O2. The number of carbonyl (C=O) groups excluding carboxylic acids is 1. The fraction of sp³-hybridized carbons (Fsp3) is 0.667. The molecule has 0 atom stereocenters. The second kappa shape index (κ2) is 9.22. The molecule has 0 aromatic carbocycles. The van der Waals surface area contributed by atoms with Gasteiger partial charge in [-0.25, -0.2) is 5.84 Å². The summed E-state index contributed by atoms with van der Waals surface area (Å²) in [5, 5.41) is 0. The van der Waals surface area contributed by atoms with Crippen molar-refractivity contribution in [3.8, 4) is 0 Å². The lowest BCUT2D eigenvalue weighted by atomic mass is 10.2. The molecule has 0 saturated carbocycles. The van der Waals surface area contributed by atoms with Crippen LogP contribution < -0.4 is 11.3 Å². The van der Waals surface area contributed by atoms with E-state index in [4.69, 9.17) is 10.6 Å². The van der Waals surface area contributed by atoms with E-state index in [0.717, 1.165) is 25.7 Å². The molecule has 0 fully saturated rings. The molecule has 0 unspecified atom stereocenters. The molecule has 0 aromatic rings. The lowest BCUT2D eigenvalue weighted by Gasteiger charge is -2.02. The molecule has 0 bridgehead atoms. The molecule has 3 N–H and O–H groups in total. The van der Waals surface area contributed by atoms with Crippen LogP contribution in [0.1, 0.15) is 25.7 Å². The minimum absolute atomic E-state index is 0.0535. The molecule has 0 aromatic heterocycles. The van der Waals surface area contributed by atoms with Crippen LogP contribution in [0.3, 0.4) is 0 Å². The first-order valence-electron chi connectivity index (χ1n) is 4.49. The second-order valence-corrected chi connectivity index (χ2v) is 2.76. The molecule has 0 radical (unpaired) electrons. The molecule has 4 nitrogen and oxygen atoms in total. The van der Waals surface area contributed by atoms with Crippen molar-refractivity contribution in [2.24, 2.45) is 5.84 Å². The van der Waals surface area contributed by atoms with Gasteiger partial charge < -0.3 is 4.74 Å². The predicted molar refractivity (Wildman–Crippen MR) is 51.8 cm³/mol. The zero-order valence-corrected chi connectivity index (χ0v) is 7.92. The number of nitrogens with one attached hydrogen (secondary N) is 1. The predicted octanol–water partition coefficient (Wildman–Crippen LogP) is 0.739. The highest BCUT2D eigenvalue weighted by atomic mass is 16.5. The smallest absolute Gasteiger partial charge is 0.259 e. The van der Waals surface area contributed by atoms with E-state index in [-0.39, 0.29) is 12.5 Å². The van der Waals surface area contributed by atoms with Gasteiger partial charge in [-0.15, -0.1) is 6.58 Å².